The number of fused-ring (bicyclic) bond motifs is 2. The molecular weight excluding hydrogens is 370 g/mol. The molecule has 29 heavy (non-hydrogen) atoms. The first-order chi connectivity index (χ1) is 14.1. The van der Waals surface area contributed by atoms with E-state index in [1.807, 2.05) is 0 Å². The molecule has 0 fully saturated rings. The summed E-state index contributed by atoms with van der Waals surface area (Å²) >= 11 is 0. The number of imide groups is 2. The monoisotopic (exact) mass is 391 g/mol. The van der Waals surface area contributed by atoms with Crippen LogP contribution in [-0.2, 0) is 0 Å². The average Bonchev–Trinajstić information content (AvgIpc) is 3.13. The van der Waals surface area contributed by atoms with Gasteiger partial charge in [0, 0.05) is 13.1 Å². The van der Waals surface area contributed by atoms with Crippen LogP contribution in [0.2, 0.25) is 0 Å². The van der Waals surface area contributed by atoms with Crippen molar-refractivity contribution < 1.29 is 19.2 Å². The zero-order chi connectivity index (χ0) is 20.4. The zero-order valence-electron chi connectivity index (χ0n) is 15.9. The van der Waals surface area contributed by atoms with Crippen molar-refractivity contribution in [3.05, 3.63) is 70.8 Å². The Morgan fingerprint density at radius 3 is 1.17 bits per heavy atom. The predicted octanol–water partition coefficient (Wildman–Crippen LogP) is 1.95. The van der Waals surface area contributed by atoms with E-state index in [-0.39, 0.29) is 23.6 Å². The molecule has 2 aliphatic rings. The van der Waals surface area contributed by atoms with Gasteiger partial charge in [0.15, 0.2) is 0 Å². The van der Waals surface area contributed by atoms with E-state index in [1.165, 1.54) is 9.80 Å². The van der Waals surface area contributed by atoms with Crippen molar-refractivity contribution in [2.24, 2.45) is 0 Å². The van der Waals surface area contributed by atoms with Crippen LogP contribution >= 0.6 is 0 Å². The summed E-state index contributed by atoms with van der Waals surface area (Å²) in [4.78, 5) is 51.7. The summed E-state index contributed by atoms with van der Waals surface area (Å²) in [5.74, 6) is -0.958. The van der Waals surface area contributed by atoms with Crippen molar-refractivity contribution in [2.75, 3.05) is 26.2 Å². The molecule has 0 unspecified atom stereocenters. The van der Waals surface area contributed by atoms with Crippen molar-refractivity contribution in [3.63, 3.8) is 0 Å². The second-order valence-corrected chi connectivity index (χ2v) is 7.07. The van der Waals surface area contributed by atoms with Gasteiger partial charge in [0.1, 0.15) is 0 Å². The summed E-state index contributed by atoms with van der Waals surface area (Å²) in [5.41, 5.74) is 1.86. The average molecular weight is 391 g/mol. The van der Waals surface area contributed by atoms with Crippen LogP contribution in [0.25, 0.3) is 0 Å². The molecule has 2 heterocycles. The summed E-state index contributed by atoms with van der Waals surface area (Å²) in [6.07, 6.45) is 1.27. The highest BCUT2D eigenvalue weighted by atomic mass is 16.2. The Labute approximate surface area is 168 Å². The van der Waals surface area contributed by atoms with Gasteiger partial charge in [-0.1, -0.05) is 24.3 Å². The molecule has 7 nitrogen and oxygen atoms in total. The van der Waals surface area contributed by atoms with E-state index >= 15 is 0 Å². The molecule has 1 N–H and O–H groups in total. The molecule has 7 heteroatoms. The van der Waals surface area contributed by atoms with E-state index in [1.54, 1.807) is 48.5 Å². The minimum Gasteiger partial charge on any atom is -0.317 e. The smallest absolute Gasteiger partial charge is 0.261 e. The maximum Gasteiger partial charge on any atom is 0.261 e. The van der Waals surface area contributed by atoms with E-state index in [4.69, 9.17) is 0 Å². The number of carbonyl (C=O) groups excluding carboxylic acids is 4. The van der Waals surface area contributed by atoms with Gasteiger partial charge in [0.25, 0.3) is 23.6 Å². The van der Waals surface area contributed by atoms with Crippen molar-refractivity contribution in [1.29, 1.82) is 0 Å². The van der Waals surface area contributed by atoms with Crippen LogP contribution in [-0.4, -0.2) is 59.6 Å². The molecule has 148 valence electrons. The lowest BCUT2D eigenvalue weighted by atomic mass is 10.1. The standard InChI is InChI=1S/C22H21N3O4/c26-19-15-7-1-2-8-16(15)20(27)24(19)13-5-11-23-12-6-14-25-21(28)17-9-3-4-10-18(17)22(25)29/h1-4,7-10,23H,5-6,11-14H2. The van der Waals surface area contributed by atoms with Gasteiger partial charge in [-0.3, -0.25) is 29.0 Å². The van der Waals surface area contributed by atoms with Gasteiger partial charge >= 0.3 is 0 Å². The minimum atomic E-state index is -0.240. The van der Waals surface area contributed by atoms with Crippen LogP contribution in [0.15, 0.2) is 48.5 Å². The van der Waals surface area contributed by atoms with E-state index < -0.39 is 0 Å². The first kappa shape index (κ1) is 19.0. The highest BCUT2D eigenvalue weighted by Gasteiger charge is 2.35. The zero-order valence-corrected chi connectivity index (χ0v) is 15.9. The molecule has 0 saturated carbocycles. The van der Waals surface area contributed by atoms with Gasteiger partial charge < -0.3 is 5.32 Å². The quantitative estimate of drug-likeness (QED) is 0.549. The fourth-order valence-corrected chi connectivity index (χ4v) is 3.73. The van der Waals surface area contributed by atoms with Gasteiger partial charge in [-0.25, -0.2) is 0 Å². The number of hydrogen-bond acceptors (Lipinski definition) is 5. The molecule has 0 saturated heterocycles. The maximum atomic E-state index is 12.3. The predicted molar refractivity (Wildman–Crippen MR) is 106 cm³/mol. The van der Waals surface area contributed by atoms with E-state index in [0.29, 0.717) is 61.3 Å². The minimum absolute atomic E-state index is 0.240. The molecule has 0 aromatic heterocycles. The first-order valence-electron chi connectivity index (χ1n) is 9.71. The Kier molecular flexibility index (Phi) is 5.22. The normalized spacial score (nSPS) is 15.3. The maximum absolute atomic E-state index is 12.3. The van der Waals surface area contributed by atoms with E-state index in [9.17, 15) is 19.2 Å². The Morgan fingerprint density at radius 1 is 0.552 bits per heavy atom. The van der Waals surface area contributed by atoms with Gasteiger partial charge in [0.2, 0.25) is 0 Å². The van der Waals surface area contributed by atoms with Gasteiger partial charge in [0.05, 0.1) is 22.3 Å². The number of hydrogen-bond donors (Lipinski definition) is 1. The molecule has 4 amide bonds. The largest absolute Gasteiger partial charge is 0.317 e. The third-order valence-corrected chi connectivity index (χ3v) is 5.23. The molecule has 0 aliphatic carbocycles. The van der Waals surface area contributed by atoms with Crippen LogP contribution in [0.5, 0.6) is 0 Å². The summed E-state index contributed by atoms with van der Waals surface area (Å²) in [6.45, 7) is 1.99. The van der Waals surface area contributed by atoms with E-state index in [2.05, 4.69) is 5.32 Å². The lowest BCUT2D eigenvalue weighted by Gasteiger charge is -2.15. The first-order valence-corrected chi connectivity index (χ1v) is 9.71. The molecular formula is C22H21N3O4. The number of rotatable bonds is 8. The second kappa shape index (κ2) is 7.97. The van der Waals surface area contributed by atoms with Crippen LogP contribution in [0.3, 0.4) is 0 Å². The summed E-state index contributed by atoms with van der Waals surface area (Å²) < 4.78 is 0. The van der Waals surface area contributed by atoms with Crippen molar-refractivity contribution in [1.82, 2.24) is 15.1 Å². The van der Waals surface area contributed by atoms with Gasteiger partial charge in [-0.2, -0.15) is 0 Å². The van der Waals surface area contributed by atoms with Crippen LogP contribution < -0.4 is 5.32 Å². The van der Waals surface area contributed by atoms with Gasteiger partial charge in [-0.15, -0.1) is 0 Å². The number of nitrogens with zero attached hydrogens (tertiary/aromatic N) is 2. The number of benzene rings is 2. The highest BCUT2D eigenvalue weighted by Crippen LogP contribution is 2.23. The van der Waals surface area contributed by atoms with Gasteiger partial charge in [-0.05, 0) is 50.2 Å². The van der Waals surface area contributed by atoms with Crippen LogP contribution in [0.4, 0.5) is 0 Å². The second-order valence-electron chi connectivity index (χ2n) is 7.07. The summed E-state index contributed by atoms with van der Waals surface area (Å²) in [7, 11) is 0. The molecule has 0 bridgehead atoms. The SMILES string of the molecule is O=C1c2ccccc2C(=O)N1CCCNCCCN1C(=O)c2ccccc2C1=O. The van der Waals surface area contributed by atoms with Crippen LogP contribution in [0.1, 0.15) is 54.3 Å². The number of amides is 4. The van der Waals surface area contributed by atoms with Crippen molar-refractivity contribution in [2.45, 2.75) is 12.8 Å². The van der Waals surface area contributed by atoms with E-state index in [0.717, 1.165) is 0 Å². The Balaban J connectivity index is 1.17. The third kappa shape index (κ3) is 3.45. The molecule has 2 aliphatic heterocycles. The molecule has 0 radical (unpaired) electrons. The Hall–Kier alpha value is -3.32. The summed E-state index contributed by atoms with van der Waals surface area (Å²) in [6, 6.07) is 13.7. The van der Waals surface area contributed by atoms with Crippen molar-refractivity contribution in [3.8, 4) is 0 Å². The number of nitrogens with one attached hydrogen (secondary N) is 1. The third-order valence-electron chi connectivity index (χ3n) is 5.23. The lowest BCUT2D eigenvalue weighted by molar-refractivity contribution is 0.0640. The molecule has 2 aromatic carbocycles. The number of carbonyl (C=O) groups is 4. The molecule has 2 aromatic rings. The fourth-order valence-electron chi connectivity index (χ4n) is 3.73. The van der Waals surface area contributed by atoms with Crippen LogP contribution in [0, 0.1) is 0 Å². The summed E-state index contributed by atoms with van der Waals surface area (Å²) in [5, 5.41) is 3.24. The van der Waals surface area contributed by atoms with Crippen molar-refractivity contribution >= 4 is 23.6 Å². The topological polar surface area (TPSA) is 86.8 Å². The molecule has 0 atom stereocenters. The Bertz CT molecular complexity index is 852. The fraction of sp³-hybridized carbons (Fsp3) is 0.273. The molecule has 4 rings (SSSR count). The highest BCUT2D eigenvalue weighted by molar-refractivity contribution is 6.22. The Morgan fingerprint density at radius 2 is 0.862 bits per heavy atom. The molecule has 0 spiro atoms. The lowest BCUT2D eigenvalue weighted by Crippen LogP contribution is -2.34.